The van der Waals surface area contributed by atoms with Crippen LogP contribution >= 0.6 is 0 Å². The van der Waals surface area contributed by atoms with Gasteiger partial charge in [0.25, 0.3) is 0 Å². The van der Waals surface area contributed by atoms with Gasteiger partial charge in [0.15, 0.2) is 0 Å². The zero-order valence-electron chi connectivity index (χ0n) is 12.5. The minimum atomic E-state index is 0.185. The summed E-state index contributed by atoms with van der Waals surface area (Å²) in [6.45, 7) is 5.41. The molecule has 19 heavy (non-hydrogen) atoms. The Hall–Kier alpha value is -0.860. The van der Waals surface area contributed by atoms with E-state index in [1.54, 1.807) is 0 Å². The second-order valence-corrected chi connectivity index (χ2v) is 5.92. The number of hydrogen-bond acceptors (Lipinski definition) is 2. The molecular weight excluding hydrogens is 234 g/mol. The molecule has 0 saturated heterocycles. The van der Waals surface area contributed by atoms with Crippen LogP contribution in [0.5, 0.6) is 0 Å². The lowest BCUT2D eigenvalue weighted by Crippen LogP contribution is -2.28. The van der Waals surface area contributed by atoms with Gasteiger partial charge in [-0.25, -0.2) is 0 Å². The fourth-order valence-electron chi connectivity index (χ4n) is 2.96. The summed E-state index contributed by atoms with van der Waals surface area (Å²) in [5.41, 5.74) is 2.65. The maximum atomic E-state index is 6.38. The van der Waals surface area contributed by atoms with E-state index in [-0.39, 0.29) is 6.10 Å². The molecule has 0 aromatic heterocycles. The van der Waals surface area contributed by atoms with Crippen LogP contribution in [-0.4, -0.2) is 19.7 Å². The molecule has 0 spiro atoms. The van der Waals surface area contributed by atoms with Crippen LogP contribution in [0.1, 0.15) is 49.8 Å². The average molecular weight is 261 g/mol. The van der Waals surface area contributed by atoms with Crippen molar-refractivity contribution in [3.8, 4) is 0 Å². The largest absolute Gasteiger partial charge is 0.369 e. The molecule has 1 saturated carbocycles. The van der Waals surface area contributed by atoms with E-state index in [1.165, 1.54) is 36.8 Å². The summed E-state index contributed by atoms with van der Waals surface area (Å²) in [7, 11) is 2.00. The van der Waals surface area contributed by atoms with Crippen molar-refractivity contribution < 1.29 is 4.74 Å². The van der Waals surface area contributed by atoms with E-state index in [0.29, 0.717) is 6.10 Å². The van der Waals surface area contributed by atoms with Gasteiger partial charge in [-0.15, -0.1) is 0 Å². The second-order valence-electron chi connectivity index (χ2n) is 5.92. The first kappa shape index (κ1) is 14.5. The summed E-state index contributed by atoms with van der Waals surface area (Å²) < 4.78 is 6.38. The Kier molecular flexibility index (Phi) is 5.41. The molecule has 1 unspecified atom stereocenters. The summed E-state index contributed by atoms with van der Waals surface area (Å²) in [4.78, 5) is 0. The smallest absolute Gasteiger partial charge is 0.0955 e. The van der Waals surface area contributed by atoms with Gasteiger partial charge in [-0.1, -0.05) is 31.2 Å². The molecule has 2 rings (SSSR count). The van der Waals surface area contributed by atoms with E-state index < -0.39 is 0 Å². The molecule has 1 aromatic carbocycles. The summed E-state index contributed by atoms with van der Waals surface area (Å²) in [6, 6.07) is 8.57. The number of aryl methyl sites for hydroxylation is 1. The van der Waals surface area contributed by atoms with E-state index in [0.717, 1.165) is 12.5 Å². The van der Waals surface area contributed by atoms with Crippen molar-refractivity contribution in [2.75, 3.05) is 13.6 Å². The highest BCUT2D eigenvalue weighted by molar-refractivity contribution is 5.28. The number of ether oxygens (including phenoxy) is 1. The lowest BCUT2D eigenvalue weighted by molar-refractivity contribution is -0.0358. The molecule has 0 amide bonds. The predicted molar refractivity (Wildman–Crippen MR) is 80.4 cm³/mol. The second kappa shape index (κ2) is 7.06. The van der Waals surface area contributed by atoms with Crippen LogP contribution in [0.2, 0.25) is 0 Å². The van der Waals surface area contributed by atoms with E-state index in [1.807, 2.05) is 7.05 Å². The van der Waals surface area contributed by atoms with Gasteiger partial charge < -0.3 is 10.1 Å². The van der Waals surface area contributed by atoms with Crippen LogP contribution in [0.4, 0.5) is 0 Å². The summed E-state index contributed by atoms with van der Waals surface area (Å²) in [6.07, 6.45) is 5.68. The SMILES string of the molecule is CNCC(OC1CCC(C)CC1)c1ccccc1C. The standard InChI is InChI=1S/C17H27NO/c1-13-8-10-15(11-9-13)19-17(12-18-3)16-7-5-4-6-14(16)2/h4-7,13,15,17-18H,8-12H2,1-3H3. The highest BCUT2D eigenvalue weighted by atomic mass is 16.5. The topological polar surface area (TPSA) is 21.3 Å². The van der Waals surface area contributed by atoms with Crippen molar-refractivity contribution in [3.05, 3.63) is 35.4 Å². The first-order valence-electron chi connectivity index (χ1n) is 7.56. The molecular formula is C17H27NO. The van der Waals surface area contributed by atoms with Gasteiger partial charge in [-0.3, -0.25) is 0 Å². The fraction of sp³-hybridized carbons (Fsp3) is 0.647. The van der Waals surface area contributed by atoms with Crippen molar-refractivity contribution in [3.63, 3.8) is 0 Å². The number of rotatable bonds is 5. The molecule has 1 atom stereocenters. The maximum absolute atomic E-state index is 6.38. The van der Waals surface area contributed by atoms with Gasteiger partial charge in [0.2, 0.25) is 0 Å². The molecule has 1 aliphatic carbocycles. The summed E-state index contributed by atoms with van der Waals surface area (Å²) >= 11 is 0. The van der Waals surface area contributed by atoms with Crippen molar-refractivity contribution >= 4 is 0 Å². The highest BCUT2D eigenvalue weighted by Gasteiger charge is 2.23. The number of nitrogens with one attached hydrogen (secondary N) is 1. The Morgan fingerprint density at radius 3 is 2.53 bits per heavy atom. The number of benzene rings is 1. The number of likely N-dealkylation sites (N-methyl/N-ethyl adjacent to an activating group) is 1. The van der Waals surface area contributed by atoms with Crippen LogP contribution in [-0.2, 0) is 4.74 Å². The fourth-order valence-corrected chi connectivity index (χ4v) is 2.96. The molecule has 0 aliphatic heterocycles. The zero-order valence-corrected chi connectivity index (χ0v) is 12.5. The average Bonchev–Trinajstić information content (AvgIpc) is 2.41. The van der Waals surface area contributed by atoms with E-state index in [2.05, 4.69) is 43.4 Å². The highest BCUT2D eigenvalue weighted by Crippen LogP contribution is 2.30. The van der Waals surface area contributed by atoms with Gasteiger partial charge in [-0.05, 0) is 56.7 Å². The quantitative estimate of drug-likeness (QED) is 0.869. The Bertz CT molecular complexity index is 383. The van der Waals surface area contributed by atoms with E-state index >= 15 is 0 Å². The van der Waals surface area contributed by atoms with Crippen LogP contribution in [0.25, 0.3) is 0 Å². The first-order chi connectivity index (χ1) is 9.20. The van der Waals surface area contributed by atoms with Gasteiger partial charge in [-0.2, -0.15) is 0 Å². The van der Waals surface area contributed by atoms with Gasteiger partial charge in [0.1, 0.15) is 0 Å². The van der Waals surface area contributed by atoms with Crippen LogP contribution < -0.4 is 5.32 Å². The van der Waals surface area contributed by atoms with E-state index in [9.17, 15) is 0 Å². The summed E-state index contributed by atoms with van der Waals surface area (Å²) in [5, 5.41) is 3.27. The Morgan fingerprint density at radius 1 is 1.21 bits per heavy atom. The third kappa shape index (κ3) is 4.05. The van der Waals surface area contributed by atoms with Crippen molar-refractivity contribution in [2.45, 2.75) is 51.7 Å². The molecule has 2 heteroatoms. The lowest BCUT2D eigenvalue weighted by Gasteiger charge is -2.31. The third-order valence-electron chi connectivity index (χ3n) is 4.24. The third-order valence-corrected chi connectivity index (χ3v) is 4.24. The van der Waals surface area contributed by atoms with Crippen molar-refractivity contribution in [2.24, 2.45) is 5.92 Å². The zero-order chi connectivity index (χ0) is 13.7. The molecule has 1 aliphatic rings. The predicted octanol–water partition coefficient (Wildman–Crippen LogP) is 3.85. The minimum Gasteiger partial charge on any atom is -0.369 e. The summed E-state index contributed by atoms with van der Waals surface area (Å²) in [5.74, 6) is 0.876. The molecule has 0 bridgehead atoms. The molecule has 1 fully saturated rings. The molecule has 0 radical (unpaired) electrons. The maximum Gasteiger partial charge on any atom is 0.0955 e. The van der Waals surface area contributed by atoms with Crippen LogP contribution in [0, 0.1) is 12.8 Å². The number of hydrogen-bond donors (Lipinski definition) is 1. The monoisotopic (exact) mass is 261 g/mol. The normalized spacial score (nSPS) is 25.2. The molecule has 2 nitrogen and oxygen atoms in total. The molecule has 1 aromatic rings. The Morgan fingerprint density at radius 2 is 1.89 bits per heavy atom. The molecule has 0 heterocycles. The van der Waals surface area contributed by atoms with Gasteiger partial charge in [0.05, 0.1) is 12.2 Å². The molecule has 1 N–H and O–H groups in total. The van der Waals surface area contributed by atoms with E-state index in [4.69, 9.17) is 4.74 Å². The van der Waals surface area contributed by atoms with Gasteiger partial charge in [0, 0.05) is 6.54 Å². The Labute approximate surface area is 117 Å². The van der Waals surface area contributed by atoms with Crippen LogP contribution in [0.3, 0.4) is 0 Å². The Balaban J connectivity index is 2.02. The van der Waals surface area contributed by atoms with Gasteiger partial charge >= 0.3 is 0 Å². The lowest BCUT2D eigenvalue weighted by atomic mass is 9.88. The molecule has 106 valence electrons. The van der Waals surface area contributed by atoms with Crippen molar-refractivity contribution in [1.29, 1.82) is 0 Å². The van der Waals surface area contributed by atoms with Crippen molar-refractivity contribution in [1.82, 2.24) is 5.32 Å². The first-order valence-corrected chi connectivity index (χ1v) is 7.56. The van der Waals surface area contributed by atoms with Crippen LogP contribution in [0.15, 0.2) is 24.3 Å². The minimum absolute atomic E-state index is 0.185.